The number of hydrogen-bond acceptors (Lipinski definition) is 2. The SMILES string of the molecule is Cc1ccc(-c2c3nc(cc4nc(cc5cc(Br)c(cc6ccc2[nH]6)[nH]5)C(C)(C)C4)C(Br)=C3)cc1. The molecule has 0 saturated heterocycles. The summed E-state index contributed by atoms with van der Waals surface area (Å²) in [6.45, 7) is 6.59. The summed E-state index contributed by atoms with van der Waals surface area (Å²) >= 11 is 7.49. The van der Waals surface area contributed by atoms with Gasteiger partial charge in [-0.15, -0.1) is 0 Å². The summed E-state index contributed by atoms with van der Waals surface area (Å²) in [5.74, 6) is 0. The molecule has 4 aromatic rings. The zero-order chi connectivity index (χ0) is 24.3. The third-order valence-electron chi connectivity index (χ3n) is 6.62. The molecule has 2 aliphatic rings. The fraction of sp³-hybridized carbons (Fsp3) is 0.172. The van der Waals surface area contributed by atoms with E-state index in [9.17, 15) is 0 Å². The number of fused-ring (bicyclic) bond motifs is 8. The quantitative estimate of drug-likeness (QED) is 0.235. The van der Waals surface area contributed by atoms with Gasteiger partial charge < -0.3 is 9.97 Å². The van der Waals surface area contributed by atoms with Gasteiger partial charge in [-0.1, -0.05) is 43.7 Å². The Bertz CT molecular complexity index is 1670. The number of aryl methyl sites for hydroxylation is 1. The van der Waals surface area contributed by atoms with E-state index in [1.54, 1.807) is 0 Å². The number of nitrogens with zero attached hydrogens (tertiary/aromatic N) is 2. The lowest BCUT2D eigenvalue weighted by Gasteiger charge is -2.15. The van der Waals surface area contributed by atoms with Crippen molar-refractivity contribution in [2.45, 2.75) is 32.6 Å². The normalized spacial score (nSPS) is 14.7. The average Bonchev–Trinajstić information content (AvgIpc) is 3.54. The van der Waals surface area contributed by atoms with Crippen molar-refractivity contribution < 1.29 is 0 Å². The third kappa shape index (κ3) is 4.19. The van der Waals surface area contributed by atoms with E-state index in [1.807, 2.05) is 0 Å². The fourth-order valence-corrected chi connectivity index (χ4v) is 5.63. The Hall–Kier alpha value is -2.96. The standard InChI is InChI=1S/C29H24Br2N4/c1-16-4-6-17(7-5-16)28-23-9-8-18(32-23)11-24-21(30)10-19(33-24)13-27-29(2,3)15-20(34-27)12-25-22(31)14-26(28)35-25/h4-14,32-33H,15H2,1-3H3. The van der Waals surface area contributed by atoms with Crippen molar-refractivity contribution in [3.05, 3.63) is 93.5 Å². The largest absolute Gasteiger partial charge is 0.355 e. The van der Waals surface area contributed by atoms with Crippen LogP contribution in [0.5, 0.6) is 0 Å². The summed E-state index contributed by atoms with van der Waals surface area (Å²) in [5, 5.41) is 0. The van der Waals surface area contributed by atoms with Crippen LogP contribution in [-0.2, 0) is 11.8 Å². The lowest BCUT2D eigenvalue weighted by Crippen LogP contribution is -2.14. The fourth-order valence-electron chi connectivity index (χ4n) is 4.75. The molecule has 2 aliphatic heterocycles. The number of rotatable bonds is 1. The number of hydrogen-bond donors (Lipinski definition) is 2. The zero-order valence-corrected chi connectivity index (χ0v) is 22.9. The third-order valence-corrected chi connectivity index (χ3v) is 7.91. The molecule has 3 aromatic heterocycles. The highest BCUT2D eigenvalue weighted by atomic mass is 79.9. The zero-order valence-electron chi connectivity index (χ0n) is 19.7. The first-order valence-corrected chi connectivity index (χ1v) is 13.2. The maximum atomic E-state index is 5.06. The molecule has 0 saturated carbocycles. The summed E-state index contributed by atoms with van der Waals surface area (Å²) < 4.78 is 1.99. The molecule has 6 heteroatoms. The smallest absolute Gasteiger partial charge is 0.0798 e. The van der Waals surface area contributed by atoms with Crippen molar-refractivity contribution in [1.29, 1.82) is 0 Å². The van der Waals surface area contributed by atoms with Crippen LogP contribution in [0.3, 0.4) is 0 Å². The first kappa shape index (κ1) is 22.5. The van der Waals surface area contributed by atoms with Crippen LogP contribution in [0.25, 0.3) is 43.8 Å². The first-order chi connectivity index (χ1) is 16.7. The van der Waals surface area contributed by atoms with Crippen LogP contribution in [0.1, 0.15) is 42.2 Å². The van der Waals surface area contributed by atoms with Crippen molar-refractivity contribution >= 4 is 64.5 Å². The molecule has 8 bridgehead atoms. The van der Waals surface area contributed by atoms with Crippen LogP contribution in [0, 0.1) is 6.92 Å². The maximum absolute atomic E-state index is 5.06. The second-order valence-corrected chi connectivity index (χ2v) is 11.6. The summed E-state index contributed by atoms with van der Waals surface area (Å²) in [6.07, 6.45) is 2.97. The molecule has 1 aromatic carbocycles. The highest BCUT2D eigenvalue weighted by Crippen LogP contribution is 2.36. The van der Waals surface area contributed by atoms with Crippen LogP contribution in [0.15, 0.2) is 65.1 Å². The minimum Gasteiger partial charge on any atom is -0.355 e. The van der Waals surface area contributed by atoms with E-state index < -0.39 is 0 Å². The van der Waals surface area contributed by atoms with Gasteiger partial charge in [-0.25, -0.2) is 4.98 Å². The van der Waals surface area contributed by atoms with Gasteiger partial charge in [-0.05, 0) is 86.8 Å². The van der Waals surface area contributed by atoms with E-state index in [1.165, 1.54) is 5.56 Å². The van der Waals surface area contributed by atoms with E-state index in [4.69, 9.17) is 9.97 Å². The Morgan fingerprint density at radius 3 is 2.40 bits per heavy atom. The molecule has 0 radical (unpaired) electrons. The van der Waals surface area contributed by atoms with Crippen molar-refractivity contribution in [2.75, 3.05) is 0 Å². The van der Waals surface area contributed by atoms with Gasteiger partial charge in [0.15, 0.2) is 0 Å². The van der Waals surface area contributed by atoms with E-state index in [-0.39, 0.29) is 5.41 Å². The molecule has 5 heterocycles. The average molecular weight is 588 g/mol. The van der Waals surface area contributed by atoms with Gasteiger partial charge in [0, 0.05) is 54.3 Å². The highest BCUT2D eigenvalue weighted by molar-refractivity contribution is 9.15. The van der Waals surface area contributed by atoms with Gasteiger partial charge in [0.1, 0.15) is 0 Å². The Balaban J connectivity index is 1.74. The number of aromatic nitrogens is 4. The van der Waals surface area contributed by atoms with Gasteiger partial charge in [-0.3, -0.25) is 4.98 Å². The van der Waals surface area contributed by atoms with E-state index in [2.05, 4.69) is 129 Å². The first-order valence-electron chi connectivity index (χ1n) is 11.6. The number of benzene rings is 1. The van der Waals surface area contributed by atoms with Gasteiger partial charge >= 0.3 is 0 Å². The Labute approximate surface area is 220 Å². The van der Waals surface area contributed by atoms with Crippen LogP contribution >= 0.6 is 31.9 Å². The minimum absolute atomic E-state index is 0.0592. The minimum atomic E-state index is -0.0592. The molecule has 0 atom stereocenters. The van der Waals surface area contributed by atoms with E-state index in [0.29, 0.717) is 0 Å². The molecule has 0 spiro atoms. The molecule has 0 unspecified atom stereocenters. The van der Waals surface area contributed by atoms with Crippen LogP contribution in [-0.4, -0.2) is 19.9 Å². The van der Waals surface area contributed by atoms with E-state index in [0.717, 1.165) is 71.3 Å². The number of halogens is 2. The predicted molar refractivity (Wildman–Crippen MR) is 152 cm³/mol. The Kier molecular flexibility index (Phi) is 5.35. The van der Waals surface area contributed by atoms with Gasteiger partial charge in [0.25, 0.3) is 0 Å². The second kappa shape index (κ2) is 8.32. The molecule has 35 heavy (non-hydrogen) atoms. The summed E-state index contributed by atoms with van der Waals surface area (Å²) in [7, 11) is 0. The monoisotopic (exact) mass is 586 g/mol. The van der Waals surface area contributed by atoms with E-state index >= 15 is 0 Å². The number of H-pyrrole nitrogens is 2. The van der Waals surface area contributed by atoms with Crippen molar-refractivity contribution in [3.63, 3.8) is 0 Å². The van der Waals surface area contributed by atoms with Gasteiger partial charge in [0.2, 0.25) is 0 Å². The predicted octanol–water partition coefficient (Wildman–Crippen LogP) is 8.47. The van der Waals surface area contributed by atoms with Gasteiger partial charge in [0.05, 0.1) is 16.9 Å². The lowest BCUT2D eigenvalue weighted by atomic mass is 9.87. The molecule has 0 amide bonds. The van der Waals surface area contributed by atoms with Crippen molar-refractivity contribution in [2.24, 2.45) is 0 Å². The van der Waals surface area contributed by atoms with Crippen LogP contribution in [0.2, 0.25) is 0 Å². The van der Waals surface area contributed by atoms with Crippen LogP contribution < -0.4 is 0 Å². The summed E-state index contributed by atoms with van der Waals surface area (Å²) in [4.78, 5) is 17.2. The number of nitrogens with one attached hydrogen (secondary N) is 2. The van der Waals surface area contributed by atoms with Crippen molar-refractivity contribution in [3.8, 4) is 11.1 Å². The molecule has 2 N–H and O–H groups in total. The number of aromatic amines is 2. The molecular formula is C29H24Br2N4. The summed E-state index contributed by atoms with van der Waals surface area (Å²) in [6, 6.07) is 21.3. The Morgan fingerprint density at radius 2 is 1.60 bits per heavy atom. The molecule has 0 aliphatic carbocycles. The summed E-state index contributed by atoms with van der Waals surface area (Å²) in [5.41, 5.74) is 11.3. The van der Waals surface area contributed by atoms with Crippen LogP contribution in [0.4, 0.5) is 0 Å². The second-order valence-electron chi connectivity index (χ2n) is 9.91. The molecule has 4 nitrogen and oxygen atoms in total. The molecule has 0 fully saturated rings. The topological polar surface area (TPSA) is 57.4 Å². The molecule has 174 valence electrons. The van der Waals surface area contributed by atoms with Crippen molar-refractivity contribution in [1.82, 2.24) is 19.9 Å². The lowest BCUT2D eigenvalue weighted by molar-refractivity contribution is 0.543. The molecule has 6 rings (SSSR count). The molecular weight excluding hydrogens is 564 g/mol. The Morgan fingerprint density at radius 1 is 0.829 bits per heavy atom. The van der Waals surface area contributed by atoms with Gasteiger partial charge in [-0.2, -0.15) is 0 Å². The highest BCUT2D eigenvalue weighted by Gasteiger charge is 2.29. The maximum Gasteiger partial charge on any atom is 0.0798 e.